The van der Waals surface area contributed by atoms with E-state index in [2.05, 4.69) is 47.6 Å². The number of nitrogens with zero attached hydrogens (tertiary/aromatic N) is 5. The van der Waals surface area contributed by atoms with E-state index in [0.717, 1.165) is 11.3 Å². The van der Waals surface area contributed by atoms with E-state index >= 15 is 0 Å². The zero-order chi connectivity index (χ0) is 20.6. The van der Waals surface area contributed by atoms with E-state index in [9.17, 15) is 5.11 Å². The average molecular weight is 410 g/mol. The van der Waals surface area contributed by atoms with Crippen molar-refractivity contribution in [3.63, 3.8) is 0 Å². The second kappa shape index (κ2) is 10.0. The minimum absolute atomic E-state index is 0.162. The Labute approximate surface area is 174 Å². The van der Waals surface area contributed by atoms with E-state index in [0.29, 0.717) is 29.0 Å². The molecule has 0 fully saturated rings. The van der Waals surface area contributed by atoms with Crippen LogP contribution in [0.5, 0.6) is 5.75 Å². The third-order valence-corrected chi connectivity index (χ3v) is 5.36. The number of aliphatic hydroxyl groups is 1. The molecule has 0 aliphatic carbocycles. The zero-order valence-corrected chi connectivity index (χ0v) is 17.2. The van der Waals surface area contributed by atoms with Crippen molar-refractivity contribution >= 4 is 11.8 Å². The van der Waals surface area contributed by atoms with Gasteiger partial charge in [0.05, 0.1) is 24.3 Å². The summed E-state index contributed by atoms with van der Waals surface area (Å²) in [5, 5.41) is 31.4. The van der Waals surface area contributed by atoms with Crippen molar-refractivity contribution in [3.8, 4) is 17.5 Å². The Morgan fingerprint density at radius 1 is 1.14 bits per heavy atom. The second-order valence-electron chi connectivity index (χ2n) is 6.87. The largest absolute Gasteiger partial charge is 0.491 e. The third-order valence-electron chi connectivity index (χ3n) is 4.30. The molecule has 0 bridgehead atoms. The van der Waals surface area contributed by atoms with Crippen LogP contribution in [0.3, 0.4) is 0 Å². The average Bonchev–Trinajstić information content (AvgIpc) is 3.20. The van der Waals surface area contributed by atoms with Crippen molar-refractivity contribution in [1.82, 2.24) is 20.2 Å². The lowest BCUT2D eigenvalue weighted by molar-refractivity contribution is 0.126. The molecule has 1 heterocycles. The lowest BCUT2D eigenvalue weighted by Crippen LogP contribution is -2.20. The van der Waals surface area contributed by atoms with Gasteiger partial charge in [-0.1, -0.05) is 49.9 Å². The van der Waals surface area contributed by atoms with Gasteiger partial charge in [0, 0.05) is 5.75 Å². The molecule has 29 heavy (non-hydrogen) atoms. The summed E-state index contributed by atoms with van der Waals surface area (Å²) in [5.41, 5.74) is 3.07. The molecular formula is C21H23N5O2S. The van der Waals surface area contributed by atoms with Gasteiger partial charge in [0.2, 0.25) is 5.16 Å². The van der Waals surface area contributed by atoms with Crippen LogP contribution in [-0.2, 0) is 6.42 Å². The van der Waals surface area contributed by atoms with E-state index in [4.69, 9.17) is 10.00 Å². The van der Waals surface area contributed by atoms with E-state index in [1.165, 1.54) is 17.3 Å². The van der Waals surface area contributed by atoms with Gasteiger partial charge < -0.3 is 9.84 Å². The summed E-state index contributed by atoms with van der Waals surface area (Å²) in [6.07, 6.45) is -0.304. The van der Waals surface area contributed by atoms with Gasteiger partial charge in [-0.05, 0) is 51.7 Å². The van der Waals surface area contributed by atoms with E-state index in [1.54, 1.807) is 16.8 Å². The Bertz CT molecular complexity index is 948. The number of aliphatic hydroxyl groups excluding tert-OH is 1. The number of benzene rings is 2. The monoisotopic (exact) mass is 409 g/mol. The topological polar surface area (TPSA) is 96.8 Å². The van der Waals surface area contributed by atoms with Crippen LogP contribution >= 0.6 is 11.8 Å². The summed E-state index contributed by atoms with van der Waals surface area (Å²) in [4.78, 5) is 0. The van der Waals surface area contributed by atoms with Gasteiger partial charge in [-0.25, -0.2) is 0 Å². The molecule has 1 N–H and O–H groups in total. The number of aromatic nitrogens is 4. The van der Waals surface area contributed by atoms with Gasteiger partial charge in [0.15, 0.2) is 0 Å². The fourth-order valence-corrected chi connectivity index (χ4v) is 3.43. The highest BCUT2D eigenvalue weighted by molar-refractivity contribution is 7.99. The maximum atomic E-state index is 10.2. The van der Waals surface area contributed by atoms with Crippen LogP contribution in [0.25, 0.3) is 5.69 Å². The number of ether oxygens (including phenoxy) is 1. The van der Waals surface area contributed by atoms with Crippen molar-refractivity contribution in [2.75, 3.05) is 12.4 Å². The molecule has 3 rings (SSSR count). The highest BCUT2D eigenvalue weighted by Gasteiger charge is 2.13. The molecule has 8 heteroatoms. The fraction of sp³-hybridized carbons (Fsp3) is 0.333. The minimum atomic E-state index is -0.674. The van der Waals surface area contributed by atoms with E-state index < -0.39 is 6.10 Å². The highest BCUT2D eigenvalue weighted by atomic mass is 32.2. The molecule has 1 atom stereocenters. The molecule has 0 aliphatic heterocycles. The lowest BCUT2D eigenvalue weighted by Gasteiger charge is -2.12. The molecule has 3 aromatic rings. The van der Waals surface area contributed by atoms with E-state index in [-0.39, 0.29) is 6.61 Å². The molecule has 0 aliphatic rings. The van der Waals surface area contributed by atoms with Crippen molar-refractivity contribution < 1.29 is 9.84 Å². The van der Waals surface area contributed by atoms with Crippen molar-refractivity contribution in [2.45, 2.75) is 37.4 Å². The summed E-state index contributed by atoms with van der Waals surface area (Å²) < 4.78 is 7.28. The highest BCUT2D eigenvalue weighted by Crippen LogP contribution is 2.21. The number of nitriles is 1. The van der Waals surface area contributed by atoms with Crippen LogP contribution in [0, 0.1) is 11.3 Å². The van der Waals surface area contributed by atoms with Crippen molar-refractivity contribution in [1.29, 1.82) is 5.26 Å². The maximum absolute atomic E-state index is 10.2. The van der Waals surface area contributed by atoms with Crippen molar-refractivity contribution in [3.05, 3.63) is 59.7 Å². The normalized spacial score (nSPS) is 12.0. The number of thioether (sulfide) groups is 1. The van der Waals surface area contributed by atoms with Crippen LogP contribution in [0.15, 0.2) is 53.7 Å². The Morgan fingerprint density at radius 3 is 2.52 bits per heavy atom. The summed E-state index contributed by atoms with van der Waals surface area (Å²) in [6.45, 7) is 4.46. The molecular weight excluding hydrogens is 386 g/mol. The van der Waals surface area contributed by atoms with Gasteiger partial charge >= 0.3 is 0 Å². The smallest absolute Gasteiger partial charge is 0.214 e. The number of hydrogen-bond donors (Lipinski definition) is 1. The Balaban J connectivity index is 1.52. The first-order valence-electron chi connectivity index (χ1n) is 9.35. The Morgan fingerprint density at radius 2 is 1.86 bits per heavy atom. The number of tetrazole rings is 1. The van der Waals surface area contributed by atoms with Crippen LogP contribution in [0.2, 0.25) is 0 Å². The van der Waals surface area contributed by atoms with Gasteiger partial charge in [-0.3, -0.25) is 0 Å². The molecule has 0 saturated heterocycles. The molecule has 7 nitrogen and oxygen atoms in total. The third kappa shape index (κ3) is 5.79. The molecule has 0 amide bonds. The first kappa shape index (κ1) is 20.8. The van der Waals surface area contributed by atoms with Gasteiger partial charge in [-0.15, -0.1) is 5.10 Å². The summed E-state index contributed by atoms with van der Waals surface area (Å²) in [7, 11) is 0. The van der Waals surface area contributed by atoms with Crippen LogP contribution in [0.4, 0.5) is 0 Å². The Kier molecular flexibility index (Phi) is 7.22. The molecule has 0 saturated carbocycles. The van der Waals surface area contributed by atoms with Crippen LogP contribution in [-0.4, -0.2) is 43.8 Å². The van der Waals surface area contributed by atoms with Crippen molar-refractivity contribution in [2.24, 2.45) is 0 Å². The molecule has 2 aromatic carbocycles. The fourth-order valence-electron chi connectivity index (χ4n) is 2.64. The van der Waals surface area contributed by atoms with Gasteiger partial charge in [0.25, 0.3) is 0 Å². The molecule has 0 radical (unpaired) electrons. The molecule has 0 spiro atoms. The Hall–Kier alpha value is -2.89. The predicted molar refractivity (Wildman–Crippen MR) is 111 cm³/mol. The lowest BCUT2D eigenvalue weighted by atomic mass is 10.0. The zero-order valence-electron chi connectivity index (χ0n) is 16.4. The predicted octanol–water partition coefficient (Wildman–Crippen LogP) is 3.38. The van der Waals surface area contributed by atoms with Crippen LogP contribution in [0.1, 0.15) is 30.9 Å². The molecule has 1 aromatic heterocycles. The minimum Gasteiger partial charge on any atom is -0.491 e. The quantitative estimate of drug-likeness (QED) is 0.541. The number of hydrogen-bond acceptors (Lipinski definition) is 7. The summed E-state index contributed by atoms with van der Waals surface area (Å²) in [6, 6.07) is 17.5. The molecule has 0 unspecified atom stereocenters. The van der Waals surface area contributed by atoms with Crippen LogP contribution < -0.4 is 4.74 Å². The second-order valence-corrected chi connectivity index (χ2v) is 7.86. The standard InChI is InChI=1S/C21H23N5O2S/c1-15(2)17-5-7-18(8-6-17)26-21(23-24-25-26)29-14-19(27)13-28-20-9-3-16(4-10-20)11-12-22/h3-10,15,19,27H,11,13-14H2,1-2H3/t19-/m0/s1. The van der Waals surface area contributed by atoms with Gasteiger partial charge in [0.1, 0.15) is 12.4 Å². The van der Waals surface area contributed by atoms with E-state index in [1.807, 2.05) is 24.3 Å². The first-order chi connectivity index (χ1) is 14.1. The SMILES string of the molecule is CC(C)c1ccc(-n2nnnc2SC[C@@H](O)COc2ccc(CC#N)cc2)cc1. The maximum Gasteiger partial charge on any atom is 0.214 e. The molecule has 150 valence electrons. The summed E-state index contributed by atoms with van der Waals surface area (Å²) >= 11 is 1.37. The first-order valence-corrected chi connectivity index (χ1v) is 10.3. The van der Waals surface area contributed by atoms with Gasteiger partial charge in [-0.2, -0.15) is 9.94 Å². The summed E-state index contributed by atoms with van der Waals surface area (Å²) in [5.74, 6) is 1.52. The number of rotatable bonds is 9.